The predicted molar refractivity (Wildman–Crippen MR) is 74.5 cm³/mol. The average molecular weight is 285 g/mol. The lowest BCUT2D eigenvalue weighted by molar-refractivity contribution is -0.189. The Morgan fingerprint density at radius 1 is 1.20 bits per heavy atom. The van der Waals surface area contributed by atoms with Gasteiger partial charge in [-0.1, -0.05) is 42.7 Å². The Kier molecular flexibility index (Phi) is 4.74. The van der Waals surface area contributed by atoms with Crippen molar-refractivity contribution in [1.29, 1.82) is 0 Å². The van der Waals surface area contributed by atoms with Crippen LogP contribution >= 0.6 is 0 Å². The van der Waals surface area contributed by atoms with Crippen molar-refractivity contribution < 1.29 is 13.2 Å². The fourth-order valence-corrected chi connectivity index (χ4v) is 3.08. The monoisotopic (exact) mass is 285 g/mol. The summed E-state index contributed by atoms with van der Waals surface area (Å²) < 4.78 is 39.2. The van der Waals surface area contributed by atoms with E-state index in [4.69, 9.17) is 0 Å². The number of benzene rings is 1. The van der Waals surface area contributed by atoms with Crippen molar-refractivity contribution in [3.63, 3.8) is 0 Å². The summed E-state index contributed by atoms with van der Waals surface area (Å²) in [6, 6.07) is 7.43. The van der Waals surface area contributed by atoms with Crippen LogP contribution in [0.1, 0.15) is 49.8 Å². The second-order valence-electron chi connectivity index (χ2n) is 5.84. The molecular weight excluding hydrogens is 263 g/mol. The quantitative estimate of drug-likeness (QED) is 0.843. The first-order valence-electron chi connectivity index (χ1n) is 7.27. The molecule has 1 aromatic carbocycles. The highest BCUT2D eigenvalue weighted by Gasteiger charge is 2.45. The van der Waals surface area contributed by atoms with Gasteiger partial charge in [0.1, 0.15) is 0 Å². The summed E-state index contributed by atoms with van der Waals surface area (Å²) >= 11 is 0. The number of hydrogen-bond donors (Lipinski definition) is 1. The molecule has 1 N–H and O–H groups in total. The van der Waals surface area contributed by atoms with Gasteiger partial charge in [0.15, 0.2) is 0 Å². The normalized spacial score (nSPS) is 25.4. The molecule has 2 rings (SSSR count). The molecule has 4 heteroatoms. The molecule has 112 valence electrons. The van der Waals surface area contributed by atoms with Crippen LogP contribution < -0.4 is 5.32 Å². The van der Waals surface area contributed by atoms with Gasteiger partial charge in [-0.2, -0.15) is 13.2 Å². The van der Waals surface area contributed by atoms with Crippen LogP contribution in [0.2, 0.25) is 0 Å². The molecule has 0 amide bonds. The van der Waals surface area contributed by atoms with Crippen molar-refractivity contribution in [3.05, 3.63) is 35.4 Å². The van der Waals surface area contributed by atoms with Crippen LogP contribution in [-0.4, -0.2) is 12.2 Å². The van der Waals surface area contributed by atoms with E-state index in [1.165, 1.54) is 0 Å². The predicted octanol–water partition coefficient (Wildman–Crippen LogP) is 4.77. The minimum absolute atomic E-state index is 0.0529. The van der Waals surface area contributed by atoms with Crippen LogP contribution in [0.25, 0.3) is 0 Å². The van der Waals surface area contributed by atoms with Crippen LogP contribution in [0.15, 0.2) is 24.3 Å². The van der Waals surface area contributed by atoms with Crippen molar-refractivity contribution in [2.24, 2.45) is 5.92 Å². The van der Waals surface area contributed by atoms with Crippen molar-refractivity contribution in [3.8, 4) is 0 Å². The molecule has 1 nitrogen and oxygen atoms in total. The number of rotatable bonds is 3. The van der Waals surface area contributed by atoms with Gasteiger partial charge in [0.2, 0.25) is 0 Å². The molecule has 3 unspecified atom stereocenters. The zero-order valence-electron chi connectivity index (χ0n) is 12.0. The van der Waals surface area contributed by atoms with Crippen LogP contribution in [-0.2, 0) is 0 Å². The zero-order valence-corrected chi connectivity index (χ0v) is 12.0. The summed E-state index contributed by atoms with van der Waals surface area (Å²) in [5.74, 6) is -1.21. The third-order valence-electron chi connectivity index (χ3n) is 4.19. The first kappa shape index (κ1) is 15.4. The van der Waals surface area contributed by atoms with E-state index in [0.717, 1.165) is 17.5 Å². The van der Waals surface area contributed by atoms with Gasteiger partial charge in [0, 0.05) is 12.1 Å². The van der Waals surface area contributed by atoms with Crippen molar-refractivity contribution >= 4 is 0 Å². The summed E-state index contributed by atoms with van der Waals surface area (Å²) in [5, 5.41) is 3.20. The van der Waals surface area contributed by atoms with Gasteiger partial charge >= 0.3 is 6.18 Å². The third kappa shape index (κ3) is 3.75. The summed E-state index contributed by atoms with van der Waals surface area (Å²) in [6.07, 6.45) is -1.67. The first-order chi connectivity index (χ1) is 9.38. The summed E-state index contributed by atoms with van der Waals surface area (Å²) in [6.45, 7) is 3.94. The number of nitrogens with one attached hydrogen (secondary N) is 1. The van der Waals surface area contributed by atoms with E-state index < -0.39 is 18.1 Å². The first-order valence-corrected chi connectivity index (χ1v) is 7.27. The van der Waals surface area contributed by atoms with Gasteiger partial charge in [-0.25, -0.2) is 0 Å². The van der Waals surface area contributed by atoms with Crippen molar-refractivity contribution in [2.75, 3.05) is 0 Å². The fourth-order valence-electron chi connectivity index (χ4n) is 3.08. The Bertz CT molecular complexity index is 442. The maximum Gasteiger partial charge on any atom is 0.393 e. The van der Waals surface area contributed by atoms with Gasteiger partial charge < -0.3 is 5.32 Å². The van der Waals surface area contributed by atoms with Crippen LogP contribution in [0.5, 0.6) is 0 Å². The lowest BCUT2D eigenvalue weighted by atomic mass is 9.83. The SMILES string of the molecule is Cc1cccc(C(C)NC2CCCCC2C(F)(F)F)c1. The second-order valence-corrected chi connectivity index (χ2v) is 5.84. The van der Waals surface area contributed by atoms with Crippen LogP contribution in [0, 0.1) is 12.8 Å². The smallest absolute Gasteiger partial charge is 0.307 e. The maximum absolute atomic E-state index is 13.1. The average Bonchev–Trinajstić information content (AvgIpc) is 2.38. The Hall–Kier alpha value is -1.03. The minimum atomic E-state index is -4.09. The second kappa shape index (κ2) is 6.17. The lowest BCUT2D eigenvalue weighted by Gasteiger charge is -2.35. The summed E-state index contributed by atoms with van der Waals surface area (Å²) in [7, 11) is 0. The highest BCUT2D eigenvalue weighted by Crippen LogP contribution is 2.38. The van der Waals surface area contributed by atoms with Gasteiger partial charge in [-0.15, -0.1) is 0 Å². The Balaban J connectivity index is 2.07. The molecule has 0 saturated heterocycles. The molecule has 1 aromatic rings. The number of hydrogen-bond acceptors (Lipinski definition) is 1. The molecule has 1 saturated carbocycles. The standard InChI is InChI=1S/C16H22F3N/c1-11-6-5-7-13(10-11)12(2)20-15-9-4-3-8-14(15)16(17,18)19/h5-7,10,12,14-15,20H,3-4,8-9H2,1-2H3. The Morgan fingerprint density at radius 2 is 1.90 bits per heavy atom. The van der Waals surface area contributed by atoms with E-state index in [-0.39, 0.29) is 12.5 Å². The molecule has 1 aliphatic rings. The number of halogens is 3. The molecule has 1 fully saturated rings. The largest absolute Gasteiger partial charge is 0.393 e. The molecule has 3 atom stereocenters. The minimum Gasteiger partial charge on any atom is -0.307 e. The molecule has 1 aliphatic carbocycles. The summed E-state index contributed by atoms with van der Waals surface area (Å²) in [4.78, 5) is 0. The third-order valence-corrected chi connectivity index (χ3v) is 4.19. The molecule has 20 heavy (non-hydrogen) atoms. The van der Waals surface area contributed by atoms with E-state index >= 15 is 0 Å². The van der Waals surface area contributed by atoms with Gasteiger partial charge in [0.25, 0.3) is 0 Å². The molecule has 0 heterocycles. The highest BCUT2D eigenvalue weighted by atomic mass is 19.4. The molecule has 0 aliphatic heterocycles. The van der Waals surface area contributed by atoms with Gasteiger partial charge in [-0.05, 0) is 32.3 Å². The fraction of sp³-hybridized carbons (Fsp3) is 0.625. The van der Waals surface area contributed by atoms with E-state index in [9.17, 15) is 13.2 Å². The summed E-state index contributed by atoms with van der Waals surface area (Å²) in [5.41, 5.74) is 2.18. The van der Waals surface area contributed by atoms with Crippen LogP contribution in [0.3, 0.4) is 0 Å². The van der Waals surface area contributed by atoms with Gasteiger partial charge in [-0.3, -0.25) is 0 Å². The Labute approximate surface area is 118 Å². The molecule has 0 bridgehead atoms. The molecular formula is C16H22F3N. The Morgan fingerprint density at radius 3 is 2.55 bits per heavy atom. The highest BCUT2D eigenvalue weighted by molar-refractivity contribution is 5.24. The molecule has 0 spiro atoms. The van der Waals surface area contributed by atoms with Crippen molar-refractivity contribution in [2.45, 2.75) is 57.8 Å². The van der Waals surface area contributed by atoms with E-state index in [2.05, 4.69) is 5.32 Å². The maximum atomic E-state index is 13.1. The van der Waals surface area contributed by atoms with E-state index in [0.29, 0.717) is 12.8 Å². The van der Waals surface area contributed by atoms with Crippen molar-refractivity contribution in [1.82, 2.24) is 5.32 Å². The topological polar surface area (TPSA) is 12.0 Å². The van der Waals surface area contributed by atoms with Crippen LogP contribution in [0.4, 0.5) is 13.2 Å². The molecule has 0 radical (unpaired) electrons. The van der Waals surface area contributed by atoms with E-state index in [1.54, 1.807) is 0 Å². The zero-order chi connectivity index (χ0) is 14.8. The lowest BCUT2D eigenvalue weighted by Crippen LogP contribution is -2.46. The number of alkyl halides is 3. The van der Waals surface area contributed by atoms with Gasteiger partial charge in [0.05, 0.1) is 5.92 Å². The van der Waals surface area contributed by atoms with E-state index in [1.807, 2.05) is 38.1 Å². The number of aryl methyl sites for hydroxylation is 1. The molecule has 0 aromatic heterocycles.